The summed E-state index contributed by atoms with van der Waals surface area (Å²) in [5.74, 6) is -1.74. The molecule has 0 radical (unpaired) electrons. The summed E-state index contributed by atoms with van der Waals surface area (Å²) in [4.78, 5) is 21.5. The van der Waals surface area contributed by atoms with Crippen LogP contribution in [0.3, 0.4) is 0 Å². The van der Waals surface area contributed by atoms with Crippen molar-refractivity contribution >= 4 is 18.0 Å². The fourth-order valence-corrected chi connectivity index (χ4v) is 4.13. The van der Waals surface area contributed by atoms with E-state index < -0.39 is 11.9 Å². The minimum Gasteiger partial charge on any atom is -0.481 e. The molecule has 0 amide bonds. The molecule has 6 nitrogen and oxygen atoms in total. The van der Waals surface area contributed by atoms with E-state index in [1.807, 2.05) is 114 Å². The number of para-hydroxylation sites is 2. The van der Waals surface area contributed by atoms with E-state index in [1.54, 1.807) is 6.08 Å². The second kappa shape index (κ2) is 13.7. The van der Waals surface area contributed by atoms with Crippen LogP contribution in [0.25, 0.3) is 17.5 Å². The number of aromatic nitrogens is 2. The molecule has 0 unspecified atom stereocenters. The largest absolute Gasteiger partial charge is 0.481 e. The molecule has 0 saturated carbocycles. The van der Waals surface area contributed by atoms with E-state index in [0.717, 1.165) is 51.4 Å². The van der Waals surface area contributed by atoms with Gasteiger partial charge in [-0.2, -0.15) is 0 Å². The topological polar surface area (TPSA) is 84.5 Å². The summed E-state index contributed by atoms with van der Waals surface area (Å²) in [5, 5.41) is 17.6. The van der Waals surface area contributed by atoms with Crippen LogP contribution in [-0.4, -0.2) is 31.3 Å². The van der Waals surface area contributed by atoms with E-state index >= 15 is 0 Å². The first-order valence-electron chi connectivity index (χ1n) is 12.3. The van der Waals surface area contributed by atoms with Crippen LogP contribution in [0.15, 0.2) is 78.9 Å². The van der Waals surface area contributed by atoms with Crippen LogP contribution in [0.2, 0.25) is 0 Å². The third kappa shape index (κ3) is 7.58. The Morgan fingerprint density at radius 1 is 0.676 bits per heavy atom. The fourth-order valence-electron chi connectivity index (χ4n) is 4.13. The van der Waals surface area contributed by atoms with Crippen molar-refractivity contribution < 1.29 is 19.8 Å². The molecule has 0 aliphatic rings. The average molecular weight is 501 g/mol. The maximum atomic E-state index is 10.9. The van der Waals surface area contributed by atoms with Gasteiger partial charge in [-0.05, 0) is 81.3 Å². The van der Waals surface area contributed by atoms with Crippen LogP contribution in [0, 0.1) is 27.7 Å². The Labute approximate surface area is 219 Å². The van der Waals surface area contributed by atoms with Crippen molar-refractivity contribution in [2.24, 2.45) is 0 Å². The Kier molecular flexibility index (Phi) is 10.7. The lowest BCUT2D eigenvalue weighted by molar-refractivity contribution is -0.136. The molecular weight excluding hydrogens is 464 g/mol. The van der Waals surface area contributed by atoms with Gasteiger partial charge in [-0.1, -0.05) is 50.2 Å². The standard InChI is InChI=1S/C15H15NO2.C14H15NO2.C2H6/c1-11-7-8-12(2)16(11)14-6-4-3-5-13(14)9-10-15(17)18;1-10-7-8-11(2)15(10)13-6-4-3-5-12(13)9-14(16)17;1-2/h3-10H,1-2H3,(H,17,18);3-8H,9H2,1-2H3,(H,16,17);1-2H3/b10-9+;;. The summed E-state index contributed by atoms with van der Waals surface area (Å²) in [6.45, 7) is 12.1. The molecule has 6 heteroatoms. The number of carboxylic acids is 2. The minimum absolute atomic E-state index is 0.0488. The van der Waals surface area contributed by atoms with Gasteiger partial charge in [0, 0.05) is 34.5 Å². The molecule has 4 rings (SSSR count). The average Bonchev–Trinajstić information content (AvgIpc) is 3.39. The molecule has 0 fully saturated rings. The number of hydrogen-bond acceptors (Lipinski definition) is 2. The zero-order chi connectivity index (χ0) is 27.5. The number of aryl methyl sites for hydroxylation is 4. The number of benzene rings is 2. The third-order valence-electron chi connectivity index (χ3n) is 5.70. The fraction of sp³-hybridized carbons (Fsp3) is 0.226. The molecule has 0 spiro atoms. The predicted molar refractivity (Wildman–Crippen MR) is 150 cm³/mol. The third-order valence-corrected chi connectivity index (χ3v) is 5.70. The molecular formula is C31H36N2O4. The van der Waals surface area contributed by atoms with E-state index in [4.69, 9.17) is 10.2 Å². The highest BCUT2D eigenvalue weighted by Crippen LogP contribution is 2.22. The molecule has 0 bridgehead atoms. The normalized spacial score (nSPS) is 10.3. The van der Waals surface area contributed by atoms with Crippen molar-refractivity contribution in [2.75, 3.05) is 0 Å². The number of aliphatic carboxylic acids is 2. The van der Waals surface area contributed by atoms with E-state index in [2.05, 4.69) is 9.13 Å². The van der Waals surface area contributed by atoms with Crippen molar-refractivity contribution in [3.05, 3.63) is 113 Å². The van der Waals surface area contributed by atoms with Crippen LogP contribution in [0.4, 0.5) is 0 Å². The van der Waals surface area contributed by atoms with Gasteiger partial charge in [0.1, 0.15) is 0 Å². The zero-order valence-corrected chi connectivity index (χ0v) is 22.4. The van der Waals surface area contributed by atoms with E-state index in [0.29, 0.717) is 0 Å². The van der Waals surface area contributed by atoms with Gasteiger partial charge in [0.2, 0.25) is 0 Å². The van der Waals surface area contributed by atoms with Crippen molar-refractivity contribution in [1.29, 1.82) is 0 Å². The highest BCUT2D eigenvalue weighted by molar-refractivity contribution is 5.86. The SMILES string of the molecule is CC.Cc1ccc(C)n1-c1ccccc1/C=C/C(=O)O.Cc1ccc(C)n1-c1ccccc1CC(=O)O. The van der Waals surface area contributed by atoms with Crippen LogP contribution < -0.4 is 0 Å². The first-order valence-corrected chi connectivity index (χ1v) is 12.3. The number of carboxylic acid groups (broad SMARTS) is 2. The Bertz CT molecular complexity index is 1340. The second-order valence-corrected chi connectivity index (χ2v) is 8.33. The molecule has 4 aromatic rings. The summed E-state index contributed by atoms with van der Waals surface area (Å²) in [5.41, 5.74) is 8.16. The number of nitrogens with zero attached hydrogens (tertiary/aromatic N) is 2. The van der Waals surface area contributed by atoms with Crippen LogP contribution in [0.1, 0.15) is 47.8 Å². The molecule has 2 heterocycles. The van der Waals surface area contributed by atoms with Gasteiger partial charge < -0.3 is 19.3 Å². The molecule has 194 valence electrons. The van der Waals surface area contributed by atoms with Gasteiger partial charge in [-0.15, -0.1) is 0 Å². The Hall–Kier alpha value is -4.32. The highest BCUT2D eigenvalue weighted by Gasteiger charge is 2.11. The van der Waals surface area contributed by atoms with Crippen LogP contribution in [0.5, 0.6) is 0 Å². The minimum atomic E-state index is -0.939. The molecule has 0 saturated heterocycles. The first-order chi connectivity index (χ1) is 17.7. The Morgan fingerprint density at radius 2 is 1.11 bits per heavy atom. The monoisotopic (exact) mass is 500 g/mol. The molecule has 0 aliphatic carbocycles. The van der Waals surface area contributed by atoms with Gasteiger partial charge in [-0.25, -0.2) is 4.79 Å². The molecule has 2 N–H and O–H groups in total. The second-order valence-electron chi connectivity index (χ2n) is 8.33. The van der Waals surface area contributed by atoms with E-state index in [9.17, 15) is 9.59 Å². The summed E-state index contributed by atoms with van der Waals surface area (Å²) in [6, 6.07) is 23.5. The van der Waals surface area contributed by atoms with Crippen molar-refractivity contribution in [2.45, 2.75) is 48.0 Å². The van der Waals surface area contributed by atoms with Crippen molar-refractivity contribution in [3.63, 3.8) is 0 Å². The van der Waals surface area contributed by atoms with Gasteiger partial charge >= 0.3 is 11.9 Å². The number of rotatable bonds is 6. The zero-order valence-electron chi connectivity index (χ0n) is 22.4. The van der Waals surface area contributed by atoms with Crippen LogP contribution >= 0.6 is 0 Å². The molecule has 0 aliphatic heterocycles. The Morgan fingerprint density at radius 3 is 1.59 bits per heavy atom. The summed E-state index contributed by atoms with van der Waals surface area (Å²) < 4.78 is 4.19. The van der Waals surface area contributed by atoms with E-state index in [1.165, 1.54) is 0 Å². The summed E-state index contributed by atoms with van der Waals surface area (Å²) >= 11 is 0. The maximum Gasteiger partial charge on any atom is 0.328 e. The molecule has 0 atom stereocenters. The summed E-state index contributed by atoms with van der Waals surface area (Å²) in [6.07, 6.45) is 2.83. The molecule has 2 aromatic carbocycles. The Balaban J connectivity index is 0.000000244. The maximum absolute atomic E-state index is 10.9. The van der Waals surface area contributed by atoms with Gasteiger partial charge in [-0.3, -0.25) is 4.79 Å². The molecule has 37 heavy (non-hydrogen) atoms. The lowest BCUT2D eigenvalue weighted by Crippen LogP contribution is -2.07. The lowest BCUT2D eigenvalue weighted by atomic mass is 10.1. The van der Waals surface area contributed by atoms with Gasteiger partial charge in [0.25, 0.3) is 0 Å². The molecule has 2 aromatic heterocycles. The smallest absolute Gasteiger partial charge is 0.328 e. The lowest BCUT2D eigenvalue weighted by Gasteiger charge is -2.13. The first kappa shape index (κ1) is 28.9. The van der Waals surface area contributed by atoms with Gasteiger partial charge in [0.15, 0.2) is 0 Å². The quantitative estimate of drug-likeness (QED) is 0.281. The van der Waals surface area contributed by atoms with E-state index in [-0.39, 0.29) is 6.42 Å². The predicted octanol–water partition coefficient (Wildman–Crippen LogP) is 6.94. The van der Waals surface area contributed by atoms with Gasteiger partial charge in [0.05, 0.1) is 12.1 Å². The summed E-state index contributed by atoms with van der Waals surface area (Å²) in [7, 11) is 0. The number of hydrogen-bond donors (Lipinski definition) is 2. The van der Waals surface area contributed by atoms with Crippen molar-refractivity contribution in [3.8, 4) is 11.4 Å². The van der Waals surface area contributed by atoms with Crippen LogP contribution in [-0.2, 0) is 16.0 Å². The van der Waals surface area contributed by atoms with Crippen molar-refractivity contribution in [1.82, 2.24) is 9.13 Å². The number of carbonyl (C=O) groups is 2. The highest BCUT2D eigenvalue weighted by atomic mass is 16.4.